The van der Waals surface area contributed by atoms with Gasteiger partial charge in [0.25, 0.3) is 0 Å². The molecule has 6 heteroatoms. The first-order chi connectivity index (χ1) is 9.02. The maximum absolute atomic E-state index is 11.0. The van der Waals surface area contributed by atoms with Crippen LogP contribution in [0.25, 0.3) is 0 Å². The van der Waals surface area contributed by atoms with Gasteiger partial charge in [-0.1, -0.05) is 12.1 Å². The molecule has 1 aromatic rings. The van der Waals surface area contributed by atoms with Crippen molar-refractivity contribution in [3.63, 3.8) is 0 Å². The van der Waals surface area contributed by atoms with Gasteiger partial charge < -0.3 is 20.9 Å². The monoisotopic (exact) mass is 266 g/mol. The number of benzene rings is 1. The number of aliphatic carboxylic acids is 1. The Morgan fingerprint density at radius 1 is 1.37 bits per heavy atom. The molecule has 0 aromatic heterocycles. The topological polar surface area (TPSA) is 102 Å². The Hall–Kier alpha value is -2.08. The molecule has 0 heterocycles. The zero-order valence-corrected chi connectivity index (χ0v) is 10.8. The van der Waals surface area contributed by atoms with E-state index in [1.54, 1.807) is 19.2 Å². The fourth-order valence-electron chi connectivity index (χ4n) is 1.58. The maximum atomic E-state index is 11.0. The second kappa shape index (κ2) is 7.38. The number of methoxy groups -OCH3 is 1. The molecule has 0 aliphatic heterocycles. The van der Waals surface area contributed by atoms with Crippen molar-refractivity contribution in [1.29, 1.82) is 0 Å². The van der Waals surface area contributed by atoms with E-state index in [1.165, 1.54) is 0 Å². The van der Waals surface area contributed by atoms with Gasteiger partial charge in [0, 0.05) is 13.0 Å². The van der Waals surface area contributed by atoms with Crippen molar-refractivity contribution in [2.24, 2.45) is 5.73 Å². The number of nitrogens with two attached hydrogens (primary N) is 1. The average molecular weight is 266 g/mol. The minimum atomic E-state index is -0.991. The molecule has 0 fully saturated rings. The summed E-state index contributed by atoms with van der Waals surface area (Å²) < 4.78 is 5.03. The van der Waals surface area contributed by atoms with Crippen molar-refractivity contribution in [2.75, 3.05) is 7.11 Å². The lowest BCUT2D eigenvalue weighted by molar-refractivity contribution is -0.139. The highest BCUT2D eigenvalue weighted by atomic mass is 16.5. The summed E-state index contributed by atoms with van der Waals surface area (Å²) in [6, 6.07) is 6.51. The normalized spacial score (nSPS) is 11.8. The van der Waals surface area contributed by atoms with Gasteiger partial charge in [-0.3, -0.25) is 9.59 Å². The maximum Gasteiger partial charge on any atom is 0.320 e. The lowest BCUT2D eigenvalue weighted by Crippen LogP contribution is -2.37. The Morgan fingerprint density at radius 2 is 2.00 bits per heavy atom. The zero-order valence-electron chi connectivity index (χ0n) is 10.8. The van der Waals surface area contributed by atoms with E-state index in [1.807, 2.05) is 12.1 Å². The van der Waals surface area contributed by atoms with E-state index in [9.17, 15) is 9.59 Å². The van der Waals surface area contributed by atoms with Crippen molar-refractivity contribution in [3.05, 3.63) is 29.8 Å². The van der Waals surface area contributed by atoms with Crippen LogP contribution in [0.5, 0.6) is 5.75 Å². The van der Waals surface area contributed by atoms with Crippen molar-refractivity contribution < 1.29 is 19.4 Å². The van der Waals surface area contributed by atoms with Crippen LogP contribution in [0, 0.1) is 0 Å². The van der Waals surface area contributed by atoms with Crippen LogP contribution in [0.4, 0.5) is 0 Å². The van der Waals surface area contributed by atoms with Gasteiger partial charge in [-0.2, -0.15) is 0 Å². The first-order valence-corrected chi connectivity index (χ1v) is 5.90. The van der Waals surface area contributed by atoms with Gasteiger partial charge in [0.15, 0.2) is 0 Å². The van der Waals surface area contributed by atoms with E-state index in [4.69, 9.17) is 15.6 Å². The highest BCUT2D eigenvalue weighted by Gasteiger charge is 2.17. The quantitative estimate of drug-likeness (QED) is 0.636. The second-order valence-corrected chi connectivity index (χ2v) is 4.12. The van der Waals surface area contributed by atoms with Crippen LogP contribution >= 0.6 is 0 Å². The molecule has 1 rings (SSSR count). The Balaban J connectivity index is 2.50. The van der Waals surface area contributed by atoms with E-state index < -0.39 is 17.9 Å². The molecule has 0 radical (unpaired) electrons. The summed E-state index contributed by atoms with van der Waals surface area (Å²) in [5.74, 6) is -0.750. The molecule has 1 aromatic carbocycles. The predicted octanol–water partition coefficient (Wildman–Crippen LogP) is 0.503. The molecule has 0 aliphatic rings. The SMILES string of the molecule is COc1ccc(CN[C@@H](CCC(N)=O)C(=O)O)cc1. The number of carbonyl (C=O) groups excluding carboxylic acids is 1. The third-order valence-electron chi connectivity index (χ3n) is 2.69. The fourth-order valence-corrected chi connectivity index (χ4v) is 1.58. The lowest BCUT2D eigenvalue weighted by atomic mass is 10.1. The van der Waals surface area contributed by atoms with Gasteiger partial charge in [-0.15, -0.1) is 0 Å². The zero-order chi connectivity index (χ0) is 14.3. The average Bonchev–Trinajstić information content (AvgIpc) is 2.38. The summed E-state index contributed by atoms with van der Waals surface area (Å²) in [4.78, 5) is 21.7. The summed E-state index contributed by atoms with van der Waals surface area (Å²) in [7, 11) is 1.58. The summed E-state index contributed by atoms with van der Waals surface area (Å²) in [5.41, 5.74) is 5.94. The van der Waals surface area contributed by atoms with Gasteiger partial charge in [-0.05, 0) is 24.1 Å². The number of ether oxygens (including phenoxy) is 1. The van der Waals surface area contributed by atoms with Gasteiger partial charge in [0.2, 0.25) is 5.91 Å². The molecular weight excluding hydrogens is 248 g/mol. The first-order valence-electron chi connectivity index (χ1n) is 5.90. The number of amides is 1. The summed E-state index contributed by atoms with van der Waals surface area (Å²) in [6.45, 7) is 0.403. The molecule has 104 valence electrons. The molecule has 0 aliphatic carbocycles. The number of carboxylic acids is 1. The molecular formula is C13H18N2O4. The van der Waals surface area contributed by atoms with Crippen molar-refractivity contribution in [2.45, 2.75) is 25.4 Å². The van der Waals surface area contributed by atoms with E-state index in [2.05, 4.69) is 5.32 Å². The lowest BCUT2D eigenvalue weighted by Gasteiger charge is -2.13. The van der Waals surface area contributed by atoms with Crippen LogP contribution in [0.1, 0.15) is 18.4 Å². The molecule has 0 spiro atoms. The summed E-state index contributed by atoms with van der Waals surface area (Å²) >= 11 is 0. The van der Waals surface area contributed by atoms with E-state index in [-0.39, 0.29) is 12.8 Å². The second-order valence-electron chi connectivity index (χ2n) is 4.12. The Kier molecular flexibility index (Phi) is 5.81. The van der Waals surface area contributed by atoms with E-state index >= 15 is 0 Å². The summed E-state index contributed by atoms with van der Waals surface area (Å²) in [6.07, 6.45) is 0.230. The Labute approximate surface area is 111 Å². The number of carbonyl (C=O) groups is 2. The van der Waals surface area contributed by atoms with E-state index in [0.717, 1.165) is 11.3 Å². The standard InChI is InChI=1S/C13H18N2O4/c1-19-10-4-2-9(3-5-10)8-15-11(13(17)18)6-7-12(14)16/h2-5,11,15H,6-8H2,1H3,(H2,14,16)(H,17,18)/t11-/m0/s1. The van der Waals surface area contributed by atoms with Crippen LogP contribution in [-0.2, 0) is 16.1 Å². The fraction of sp³-hybridized carbons (Fsp3) is 0.385. The van der Waals surface area contributed by atoms with Gasteiger partial charge >= 0.3 is 5.97 Å². The smallest absolute Gasteiger partial charge is 0.320 e. The molecule has 0 saturated heterocycles. The van der Waals surface area contributed by atoms with Crippen molar-refractivity contribution in [1.82, 2.24) is 5.32 Å². The van der Waals surface area contributed by atoms with E-state index in [0.29, 0.717) is 6.54 Å². The first kappa shape index (κ1) is 15.0. The number of hydrogen-bond acceptors (Lipinski definition) is 4. The van der Waals surface area contributed by atoms with Gasteiger partial charge in [-0.25, -0.2) is 0 Å². The number of primary amides is 1. The summed E-state index contributed by atoms with van der Waals surface area (Å²) in [5, 5.41) is 11.9. The van der Waals surface area contributed by atoms with Crippen LogP contribution < -0.4 is 15.8 Å². The van der Waals surface area contributed by atoms with Crippen LogP contribution in [0.3, 0.4) is 0 Å². The minimum absolute atomic E-state index is 0.0482. The molecule has 4 N–H and O–H groups in total. The molecule has 1 atom stereocenters. The molecule has 1 amide bonds. The molecule has 19 heavy (non-hydrogen) atoms. The predicted molar refractivity (Wildman–Crippen MR) is 69.7 cm³/mol. The van der Waals surface area contributed by atoms with Crippen LogP contribution in [-0.4, -0.2) is 30.1 Å². The van der Waals surface area contributed by atoms with Crippen molar-refractivity contribution >= 4 is 11.9 Å². The van der Waals surface area contributed by atoms with Crippen molar-refractivity contribution in [3.8, 4) is 5.75 Å². The molecule has 6 nitrogen and oxygen atoms in total. The molecule has 0 unspecified atom stereocenters. The number of rotatable bonds is 8. The third-order valence-corrected chi connectivity index (χ3v) is 2.69. The van der Waals surface area contributed by atoms with Gasteiger partial charge in [0.05, 0.1) is 7.11 Å². The van der Waals surface area contributed by atoms with Crippen LogP contribution in [0.2, 0.25) is 0 Å². The minimum Gasteiger partial charge on any atom is -0.497 e. The number of hydrogen-bond donors (Lipinski definition) is 3. The highest BCUT2D eigenvalue weighted by molar-refractivity contribution is 5.77. The highest BCUT2D eigenvalue weighted by Crippen LogP contribution is 2.11. The van der Waals surface area contributed by atoms with Crippen LogP contribution in [0.15, 0.2) is 24.3 Å². The molecule has 0 bridgehead atoms. The number of carboxylic acid groups (broad SMARTS) is 1. The Morgan fingerprint density at radius 3 is 2.47 bits per heavy atom. The largest absolute Gasteiger partial charge is 0.497 e. The van der Waals surface area contributed by atoms with Gasteiger partial charge in [0.1, 0.15) is 11.8 Å². The number of nitrogens with one attached hydrogen (secondary N) is 1. The third kappa shape index (κ3) is 5.39. The molecule has 0 saturated carbocycles. The Bertz CT molecular complexity index is 431.